The van der Waals surface area contributed by atoms with Crippen LogP contribution in [0, 0.1) is 0 Å². The Bertz CT molecular complexity index is 1220. The first-order valence-corrected chi connectivity index (χ1v) is 12.9. The molecule has 3 rings (SSSR count). The molecule has 2 aromatic rings. The maximum atomic E-state index is 13.1. The number of aliphatic hydroxyl groups is 1. The van der Waals surface area contributed by atoms with Crippen molar-refractivity contribution in [3.63, 3.8) is 0 Å². The molecule has 0 spiro atoms. The highest BCUT2D eigenvalue weighted by atomic mass is 79.9. The van der Waals surface area contributed by atoms with E-state index in [9.17, 15) is 23.1 Å². The number of carbonyl (C=O) groups excluding carboxylic acids is 2. The zero-order chi connectivity index (χ0) is 25.2. The first-order valence-electron chi connectivity index (χ1n) is 10.7. The van der Waals surface area contributed by atoms with Gasteiger partial charge < -0.3 is 14.9 Å². The van der Waals surface area contributed by atoms with Gasteiger partial charge in [0, 0.05) is 30.7 Å². The lowest BCUT2D eigenvalue weighted by molar-refractivity contribution is -0.139. The van der Waals surface area contributed by atoms with Crippen LogP contribution in [0.15, 0.2) is 63.5 Å². The second-order valence-electron chi connectivity index (χ2n) is 8.52. The molecule has 1 unspecified atom stereocenters. The van der Waals surface area contributed by atoms with Crippen molar-refractivity contribution < 1.29 is 23.1 Å². The molecular formula is C24H28BrN3O5S. The number of aliphatic hydroxyl groups excluding tert-OH is 1. The summed E-state index contributed by atoms with van der Waals surface area (Å²) >= 11 is 3.44. The van der Waals surface area contributed by atoms with E-state index in [2.05, 4.69) is 15.9 Å². The molecule has 2 aromatic carbocycles. The molecule has 34 heavy (non-hydrogen) atoms. The number of benzene rings is 2. The minimum Gasteiger partial charge on any atom is -0.507 e. The first kappa shape index (κ1) is 26.1. The van der Waals surface area contributed by atoms with Gasteiger partial charge in [-0.15, -0.1) is 0 Å². The van der Waals surface area contributed by atoms with Crippen LogP contribution in [0.2, 0.25) is 0 Å². The van der Waals surface area contributed by atoms with Gasteiger partial charge >= 0.3 is 0 Å². The smallest absolute Gasteiger partial charge is 0.295 e. The van der Waals surface area contributed by atoms with Crippen molar-refractivity contribution in [1.29, 1.82) is 0 Å². The van der Waals surface area contributed by atoms with E-state index in [0.29, 0.717) is 18.5 Å². The number of amides is 1. The molecule has 0 aliphatic carbocycles. The van der Waals surface area contributed by atoms with Crippen LogP contribution in [0.1, 0.15) is 23.6 Å². The Morgan fingerprint density at radius 3 is 2.26 bits per heavy atom. The fourth-order valence-electron chi connectivity index (χ4n) is 3.84. The molecule has 1 saturated heterocycles. The lowest BCUT2D eigenvalue weighted by Gasteiger charge is -2.26. The number of carbonyl (C=O) groups is 2. The molecule has 1 aliphatic rings. The monoisotopic (exact) mass is 549 g/mol. The molecule has 182 valence electrons. The highest BCUT2D eigenvalue weighted by Gasteiger charge is 2.45. The van der Waals surface area contributed by atoms with Gasteiger partial charge in [-0.25, -0.2) is 12.7 Å². The largest absolute Gasteiger partial charge is 0.507 e. The Labute approximate surface area is 208 Å². The van der Waals surface area contributed by atoms with Crippen molar-refractivity contribution in [3.05, 3.63) is 69.7 Å². The number of nitrogens with zero attached hydrogens (tertiary/aromatic N) is 3. The number of hydrogen-bond acceptors (Lipinski definition) is 6. The van der Waals surface area contributed by atoms with E-state index < -0.39 is 27.8 Å². The summed E-state index contributed by atoms with van der Waals surface area (Å²) in [4.78, 5) is 29.6. The summed E-state index contributed by atoms with van der Waals surface area (Å²) < 4.78 is 26.6. The molecular weight excluding hydrogens is 522 g/mol. The fraction of sp³-hybridized carbons (Fsp3) is 0.333. The third-order valence-electron chi connectivity index (χ3n) is 5.62. The SMILES string of the molecule is CN(C)CCCN1C(=O)C(=O)C(=C(O)c2ccc(S(=O)(=O)N(C)C)cc2)C1c1cccc(Br)c1. The average Bonchev–Trinajstić information content (AvgIpc) is 3.03. The first-order chi connectivity index (χ1) is 15.9. The van der Waals surface area contributed by atoms with Crippen LogP contribution >= 0.6 is 15.9 Å². The van der Waals surface area contributed by atoms with E-state index in [4.69, 9.17) is 0 Å². The van der Waals surface area contributed by atoms with Crippen LogP contribution in [-0.2, 0) is 19.6 Å². The van der Waals surface area contributed by atoms with Gasteiger partial charge in [-0.05, 0) is 69.0 Å². The zero-order valence-electron chi connectivity index (χ0n) is 19.5. The summed E-state index contributed by atoms with van der Waals surface area (Å²) in [6.07, 6.45) is 0.654. The lowest BCUT2D eigenvalue weighted by atomic mass is 9.95. The van der Waals surface area contributed by atoms with Crippen molar-refractivity contribution in [1.82, 2.24) is 14.1 Å². The van der Waals surface area contributed by atoms with Gasteiger partial charge in [0.15, 0.2) is 0 Å². The standard InChI is InChI=1S/C24H28BrN3O5S/c1-26(2)13-6-14-28-21(17-7-5-8-18(25)15-17)20(23(30)24(28)31)22(29)16-9-11-19(12-10-16)34(32,33)27(3)4/h5,7-12,15,21,29H,6,13-14H2,1-4H3. The molecule has 1 amide bonds. The second kappa shape index (κ2) is 10.4. The molecule has 8 nitrogen and oxygen atoms in total. The van der Waals surface area contributed by atoms with E-state index in [0.717, 1.165) is 15.3 Å². The Kier molecular flexibility index (Phi) is 7.97. The molecule has 0 aromatic heterocycles. The highest BCUT2D eigenvalue weighted by molar-refractivity contribution is 9.10. The lowest BCUT2D eigenvalue weighted by Crippen LogP contribution is -2.32. The molecule has 1 heterocycles. The number of hydrogen-bond donors (Lipinski definition) is 1. The van der Waals surface area contributed by atoms with Crippen LogP contribution in [0.25, 0.3) is 5.76 Å². The number of sulfonamides is 1. The fourth-order valence-corrected chi connectivity index (χ4v) is 5.16. The van der Waals surface area contributed by atoms with E-state index in [1.807, 2.05) is 31.1 Å². The Morgan fingerprint density at radius 1 is 1.06 bits per heavy atom. The van der Waals surface area contributed by atoms with Gasteiger partial charge in [-0.1, -0.05) is 28.1 Å². The maximum absolute atomic E-state index is 13.1. The van der Waals surface area contributed by atoms with Crippen molar-refractivity contribution in [3.8, 4) is 0 Å². The molecule has 0 bridgehead atoms. The Morgan fingerprint density at radius 2 is 1.71 bits per heavy atom. The number of Topliss-reactive ketones (excluding diaryl/α,β-unsaturated/α-hetero) is 1. The van der Waals surface area contributed by atoms with Crippen LogP contribution in [0.5, 0.6) is 0 Å². The van der Waals surface area contributed by atoms with E-state index in [1.54, 1.807) is 12.1 Å². The maximum Gasteiger partial charge on any atom is 0.295 e. The summed E-state index contributed by atoms with van der Waals surface area (Å²) in [5, 5.41) is 11.1. The van der Waals surface area contributed by atoms with E-state index in [1.165, 1.54) is 43.3 Å². The third-order valence-corrected chi connectivity index (χ3v) is 7.94. The van der Waals surface area contributed by atoms with Gasteiger partial charge in [0.25, 0.3) is 11.7 Å². The van der Waals surface area contributed by atoms with Crippen LogP contribution < -0.4 is 0 Å². The van der Waals surface area contributed by atoms with Crippen molar-refractivity contribution in [2.45, 2.75) is 17.4 Å². The van der Waals surface area contributed by atoms with Gasteiger partial charge in [-0.2, -0.15) is 0 Å². The summed E-state index contributed by atoms with van der Waals surface area (Å²) in [5.74, 6) is -1.78. The predicted molar refractivity (Wildman–Crippen MR) is 134 cm³/mol. The molecule has 1 aliphatic heterocycles. The molecule has 0 radical (unpaired) electrons. The average molecular weight is 550 g/mol. The predicted octanol–water partition coefficient (Wildman–Crippen LogP) is 3.07. The highest BCUT2D eigenvalue weighted by Crippen LogP contribution is 2.40. The van der Waals surface area contributed by atoms with E-state index in [-0.39, 0.29) is 21.8 Å². The zero-order valence-corrected chi connectivity index (χ0v) is 21.9. The quantitative estimate of drug-likeness (QED) is 0.308. The third kappa shape index (κ3) is 5.25. The topological polar surface area (TPSA) is 98.2 Å². The van der Waals surface area contributed by atoms with Crippen molar-refractivity contribution in [2.75, 3.05) is 41.3 Å². The molecule has 10 heteroatoms. The van der Waals surface area contributed by atoms with Crippen LogP contribution in [-0.4, -0.2) is 80.6 Å². The minimum absolute atomic E-state index is 0.0174. The van der Waals surface area contributed by atoms with Crippen LogP contribution in [0.4, 0.5) is 0 Å². The Balaban J connectivity index is 2.09. The molecule has 0 saturated carbocycles. The van der Waals surface area contributed by atoms with Gasteiger partial charge in [-0.3, -0.25) is 9.59 Å². The number of ketones is 1. The minimum atomic E-state index is -3.65. The van der Waals surface area contributed by atoms with Crippen molar-refractivity contribution in [2.24, 2.45) is 0 Å². The number of likely N-dealkylation sites (tertiary alicyclic amines) is 1. The Hall–Kier alpha value is -2.53. The summed E-state index contributed by atoms with van der Waals surface area (Å²) in [6, 6.07) is 12.1. The van der Waals surface area contributed by atoms with E-state index >= 15 is 0 Å². The van der Waals surface area contributed by atoms with Crippen LogP contribution in [0.3, 0.4) is 0 Å². The van der Waals surface area contributed by atoms with Gasteiger partial charge in [0.2, 0.25) is 10.0 Å². The van der Waals surface area contributed by atoms with Gasteiger partial charge in [0.05, 0.1) is 16.5 Å². The van der Waals surface area contributed by atoms with Gasteiger partial charge in [0.1, 0.15) is 5.76 Å². The summed E-state index contributed by atoms with van der Waals surface area (Å²) in [6.45, 7) is 1.08. The number of rotatable bonds is 8. The summed E-state index contributed by atoms with van der Waals surface area (Å²) in [5.41, 5.74) is 0.923. The van der Waals surface area contributed by atoms with Crippen molar-refractivity contribution >= 4 is 43.4 Å². The molecule has 1 N–H and O–H groups in total. The normalized spacial score (nSPS) is 18.3. The second-order valence-corrected chi connectivity index (χ2v) is 11.6. The molecule has 1 atom stereocenters. The summed E-state index contributed by atoms with van der Waals surface area (Å²) in [7, 11) is 3.07. The molecule has 1 fully saturated rings. The number of halogens is 1.